The molecule has 0 bridgehead atoms. The van der Waals surface area contributed by atoms with Crippen LogP contribution in [-0.4, -0.2) is 48.1 Å². The zero-order valence-corrected chi connectivity index (χ0v) is 16.1. The highest BCUT2D eigenvalue weighted by atomic mass is 35.5. The Labute approximate surface area is 159 Å². The van der Waals surface area contributed by atoms with Crippen molar-refractivity contribution >= 4 is 35.0 Å². The molecule has 134 valence electrons. The topological polar surface area (TPSA) is 44.3 Å². The predicted molar refractivity (Wildman–Crippen MR) is 105 cm³/mol. The van der Waals surface area contributed by atoms with Gasteiger partial charge in [-0.25, -0.2) is 4.98 Å². The smallest absolute Gasteiger partial charge is 0.224 e. The number of piperidine rings is 1. The van der Waals surface area contributed by atoms with Gasteiger partial charge in [0.05, 0.1) is 0 Å². The molecule has 7 heteroatoms. The standard InChI is InChI=1S/C18H23Cl2N5/c1-24(2)17-7-8-21-18(23-17)22-15-4-3-9-25(12-15)11-13-10-14(19)5-6-16(13)20/h5-8,10,15H,3-4,9,11-12H2,1-2H3,(H,21,22,23). The highest BCUT2D eigenvalue weighted by molar-refractivity contribution is 6.33. The van der Waals surface area contributed by atoms with Crippen LogP contribution in [0.25, 0.3) is 0 Å². The van der Waals surface area contributed by atoms with Crippen molar-refractivity contribution in [1.29, 1.82) is 0 Å². The summed E-state index contributed by atoms with van der Waals surface area (Å²) in [6.07, 6.45) is 4.02. The molecule has 1 aliphatic rings. The Kier molecular flexibility index (Phi) is 5.99. The van der Waals surface area contributed by atoms with E-state index in [4.69, 9.17) is 23.2 Å². The van der Waals surface area contributed by atoms with E-state index in [2.05, 4.69) is 20.2 Å². The van der Waals surface area contributed by atoms with Crippen molar-refractivity contribution in [3.05, 3.63) is 46.1 Å². The van der Waals surface area contributed by atoms with Crippen molar-refractivity contribution < 1.29 is 0 Å². The maximum Gasteiger partial charge on any atom is 0.224 e. The van der Waals surface area contributed by atoms with Crippen LogP contribution in [0.15, 0.2) is 30.5 Å². The van der Waals surface area contributed by atoms with Crippen LogP contribution in [0.1, 0.15) is 18.4 Å². The fourth-order valence-corrected chi connectivity index (χ4v) is 3.44. The summed E-state index contributed by atoms with van der Waals surface area (Å²) in [5.41, 5.74) is 1.07. The highest BCUT2D eigenvalue weighted by Crippen LogP contribution is 2.24. The Morgan fingerprint density at radius 1 is 1.28 bits per heavy atom. The van der Waals surface area contributed by atoms with Crippen LogP contribution in [-0.2, 0) is 6.54 Å². The van der Waals surface area contributed by atoms with E-state index >= 15 is 0 Å². The molecule has 1 fully saturated rings. The van der Waals surface area contributed by atoms with Gasteiger partial charge in [0.2, 0.25) is 5.95 Å². The number of anilines is 2. The minimum absolute atomic E-state index is 0.323. The van der Waals surface area contributed by atoms with Gasteiger partial charge in [0.1, 0.15) is 5.82 Å². The Hall–Kier alpha value is -1.56. The van der Waals surface area contributed by atoms with Gasteiger partial charge in [0, 0.05) is 49.5 Å². The van der Waals surface area contributed by atoms with Gasteiger partial charge >= 0.3 is 0 Å². The van der Waals surface area contributed by atoms with Crippen LogP contribution in [0, 0.1) is 0 Å². The molecular formula is C18H23Cl2N5. The molecule has 1 N–H and O–H groups in total. The third kappa shape index (κ3) is 4.97. The molecule has 2 aromatic rings. The summed E-state index contributed by atoms with van der Waals surface area (Å²) < 4.78 is 0. The van der Waals surface area contributed by atoms with Gasteiger partial charge in [-0.3, -0.25) is 4.90 Å². The zero-order chi connectivity index (χ0) is 17.8. The molecule has 0 aliphatic carbocycles. The normalized spacial score (nSPS) is 18.2. The van der Waals surface area contributed by atoms with Crippen LogP contribution < -0.4 is 10.2 Å². The average Bonchev–Trinajstić information content (AvgIpc) is 2.59. The molecule has 1 atom stereocenters. The molecule has 1 unspecified atom stereocenters. The molecule has 2 heterocycles. The van der Waals surface area contributed by atoms with Crippen LogP contribution in [0.2, 0.25) is 10.0 Å². The predicted octanol–water partition coefficient (Wildman–Crippen LogP) is 3.93. The maximum absolute atomic E-state index is 6.30. The fraction of sp³-hybridized carbons (Fsp3) is 0.444. The van der Waals surface area contributed by atoms with Gasteiger partial charge in [-0.05, 0) is 49.2 Å². The Balaban J connectivity index is 1.63. The van der Waals surface area contributed by atoms with Gasteiger partial charge in [0.15, 0.2) is 0 Å². The van der Waals surface area contributed by atoms with Gasteiger partial charge in [0.25, 0.3) is 0 Å². The minimum atomic E-state index is 0.323. The molecule has 5 nitrogen and oxygen atoms in total. The first-order valence-corrected chi connectivity index (χ1v) is 9.20. The van der Waals surface area contributed by atoms with Crippen molar-refractivity contribution in [3.8, 4) is 0 Å². The lowest BCUT2D eigenvalue weighted by Gasteiger charge is -2.33. The Bertz CT molecular complexity index is 722. The summed E-state index contributed by atoms with van der Waals surface area (Å²) in [6.45, 7) is 2.79. The lowest BCUT2D eigenvalue weighted by molar-refractivity contribution is 0.208. The second-order valence-corrected chi connectivity index (χ2v) is 7.43. The van der Waals surface area contributed by atoms with E-state index < -0.39 is 0 Å². The quantitative estimate of drug-likeness (QED) is 0.852. The Morgan fingerprint density at radius 2 is 2.12 bits per heavy atom. The second-order valence-electron chi connectivity index (χ2n) is 6.59. The third-order valence-electron chi connectivity index (χ3n) is 4.34. The summed E-state index contributed by atoms with van der Waals surface area (Å²) in [6, 6.07) is 7.86. The first-order valence-electron chi connectivity index (χ1n) is 8.44. The number of nitrogens with one attached hydrogen (secondary N) is 1. The fourth-order valence-electron chi connectivity index (χ4n) is 3.07. The number of benzene rings is 1. The lowest BCUT2D eigenvalue weighted by atomic mass is 10.0. The van der Waals surface area contributed by atoms with Gasteiger partial charge in [-0.15, -0.1) is 0 Å². The number of halogens is 2. The highest BCUT2D eigenvalue weighted by Gasteiger charge is 2.21. The summed E-state index contributed by atoms with van der Waals surface area (Å²) in [4.78, 5) is 13.3. The average molecular weight is 380 g/mol. The molecular weight excluding hydrogens is 357 g/mol. The molecule has 1 saturated heterocycles. The van der Waals surface area contributed by atoms with E-state index in [1.807, 2.05) is 43.3 Å². The minimum Gasteiger partial charge on any atom is -0.363 e. The van der Waals surface area contributed by atoms with Crippen LogP contribution in [0.3, 0.4) is 0 Å². The first-order chi connectivity index (χ1) is 12.0. The van der Waals surface area contributed by atoms with E-state index in [-0.39, 0.29) is 0 Å². The van der Waals surface area contributed by atoms with E-state index in [0.29, 0.717) is 12.0 Å². The van der Waals surface area contributed by atoms with Gasteiger partial charge < -0.3 is 10.2 Å². The van der Waals surface area contributed by atoms with E-state index in [0.717, 1.165) is 53.9 Å². The molecule has 3 rings (SSSR count). The third-order valence-corrected chi connectivity index (χ3v) is 4.94. The molecule has 0 radical (unpaired) electrons. The second kappa shape index (κ2) is 8.21. The number of hydrogen-bond acceptors (Lipinski definition) is 5. The summed E-state index contributed by atoms with van der Waals surface area (Å²) >= 11 is 12.4. The number of likely N-dealkylation sites (tertiary alicyclic amines) is 1. The van der Waals surface area contributed by atoms with Crippen LogP contribution in [0.4, 0.5) is 11.8 Å². The number of nitrogens with zero attached hydrogens (tertiary/aromatic N) is 4. The molecule has 1 aromatic carbocycles. The van der Waals surface area contributed by atoms with Crippen LogP contribution >= 0.6 is 23.2 Å². The summed E-state index contributed by atoms with van der Waals surface area (Å²) in [5, 5.41) is 4.96. The van der Waals surface area contributed by atoms with Gasteiger partial charge in [-0.1, -0.05) is 23.2 Å². The van der Waals surface area contributed by atoms with Crippen molar-refractivity contribution in [1.82, 2.24) is 14.9 Å². The monoisotopic (exact) mass is 379 g/mol. The number of aromatic nitrogens is 2. The van der Waals surface area contributed by atoms with Crippen molar-refractivity contribution in [2.45, 2.75) is 25.4 Å². The van der Waals surface area contributed by atoms with Gasteiger partial charge in [-0.2, -0.15) is 4.98 Å². The van der Waals surface area contributed by atoms with Crippen molar-refractivity contribution in [2.24, 2.45) is 0 Å². The summed E-state index contributed by atoms with van der Waals surface area (Å²) in [5.74, 6) is 1.58. The van der Waals surface area contributed by atoms with Crippen molar-refractivity contribution in [2.75, 3.05) is 37.4 Å². The maximum atomic E-state index is 6.30. The van der Waals surface area contributed by atoms with E-state index in [1.54, 1.807) is 6.20 Å². The SMILES string of the molecule is CN(C)c1ccnc(NC2CCCN(Cc3cc(Cl)ccc3Cl)C2)n1. The zero-order valence-electron chi connectivity index (χ0n) is 14.5. The Morgan fingerprint density at radius 3 is 2.92 bits per heavy atom. The van der Waals surface area contributed by atoms with Crippen LogP contribution in [0.5, 0.6) is 0 Å². The lowest BCUT2D eigenvalue weighted by Crippen LogP contribution is -2.42. The summed E-state index contributed by atoms with van der Waals surface area (Å²) in [7, 11) is 3.95. The molecule has 0 saturated carbocycles. The van der Waals surface area contributed by atoms with E-state index in [9.17, 15) is 0 Å². The number of rotatable bonds is 5. The number of hydrogen-bond donors (Lipinski definition) is 1. The molecule has 1 aliphatic heterocycles. The molecule has 25 heavy (non-hydrogen) atoms. The molecule has 0 amide bonds. The first kappa shape index (κ1) is 18.2. The largest absolute Gasteiger partial charge is 0.363 e. The molecule has 1 aromatic heterocycles. The van der Waals surface area contributed by atoms with Crippen molar-refractivity contribution in [3.63, 3.8) is 0 Å². The molecule has 0 spiro atoms. The van der Waals surface area contributed by atoms with E-state index in [1.165, 1.54) is 0 Å².